The molecular weight excluding hydrogens is 141 g/mol. The summed E-state index contributed by atoms with van der Waals surface area (Å²) in [4.78, 5) is 9.88. The number of nitrogens with two attached hydrogens (primary N) is 1. The third-order valence-electron chi connectivity index (χ3n) is 0.298. The highest BCUT2D eigenvalue weighted by atomic mass is 31.2. The first-order valence-electron chi connectivity index (χ1n) is 2.48. The Bertz CT molecular complexity index is 42.8. The van der Waals surface area contributed by atoms with E-state index < -0.39 is 8.60 Å². The van der Waals surface area contributed by atoms with Gasteiger partial charge in [0.05, 0.1) is 8.60 Å². The Balaban J connectivity index is 0. The van der Waals surface area contributed by atoms with Crippen molar-refractivity contribution in [2.75, 3.05) is 20.8 Å². The summed E-state index contributed by atoms with van der Waals surface area (Å²) < 4.78 is 8.37. The molecule has 0 heterocycles. The largest absolute Gasteiger partial charge is 0.786 e. The minimum Gasteiger partial charge on any atom is -0.786 e. The van der Waals surface area contributed by atoms with Gasteiger partial charge in [0.25, 0.3) is 0 Å². The van der Waals surface area contributed by atoms with Gasteiger partial charge in [-0.25, -0.2) is 0 Å². The molecule has 0 aromatic rings. The monoisotopic (exact) mass is 154 g/mol. The van der Waals surface area contributed by atoms with E-state index in [1.807, 2.05) is 6.92 Å². The van der Waals surface area contributed by atoms with E-state index in [1.54, 1.807) is 0 Å². The van der Waals surface area contributed by atoms with Crippen LogP contribution < -0.4 is 10.6 Å². The molecule has 0 amide bonds. The fourth-order valence-corrected chi connectivity index (χ4v) is 0.224. The van der Waals surface area contributed by atoms with Gasteiger partial charge in [0, 0.05) is 14.2 Å². The zero-order valence-corrected chi connectivity index (χ0v) is 6.85. The van der Waals surface area contributed by atoms with E-state index >= 15 is 0 Å². The van der Waals surface area contributed by atoms with Gasteiger partial charge in [-0.1, -0.05) is 6.92 Å². The predicted molar refractivity (Wildman–Crippen MR) is 35.7 cm³/mol. The van der Waals surface area contributed by atoms with Gasteiger partial charge < -0.3 is 19.7 Å². The maximum Gasteiger partial charge on any atom is 0.0820 e. The van der Waals surface area contributed by atoms with E-state index in [0.29, 0.717) is 0 Å². The lowest BCUT2D eigenvalue weighted by molar-refractivity contribution is -0.199. The van der Waals surface area contributed by atoms with E-state index in [4.69, 9.17) is 5.73 Å². The smallest absolute Gasteiger partial charge is 0.0820 e. The predicted octanol–water partition coefficient (Wildman–Crippen LogP) is -0.169. The summed E-state index contributed by atoms with van der Waals surface area (Å²) in [5.74, 6) is 0. The van der Waals surface area contributed by atoms with Crippen LogP contribution in [-0.2, 0) is 9.05 Å². The fourth-order valence-electron chi connectivity index (χ4n) is 0.0745. The molecule has 0 aliphatic rings. The summed E-state index contributed by atoms with van der Waals surface area (Å²) in [7, 11) is 0.817. The van der Waals surface area contributed by atoms with Crippen molar-refractivity contribution in [1.82, 2.24) is 0 Å². The number of hydrogen-bond acceptors (Lipinski definition) is 4. The molecule has 0 spiro atoms. The first-order chi connectivity index (χ1) is 4.22. The molecule has 4 nitrogen and oxygen atoms in total. The molecule has 0 saturated carbocycles. The molecule has 0 atom stereocenters. The van der Waals surface area contributed by atoms with Crippen LogP contribution in [0.1, 0.15) is 6.92 Å². The van der Waals surface area contributed by atoms with Gasteiger partial charge in [0.1, 0.15) is 0 Å². The van der Waals surface area contributed by atoms with Crippen molar-refractivity contribution >= 4 is 8.60 Å². The molecule has 0 radical (unpaired) electrons. The Morgan fingerprint density at radius 1 is 1.44 bits per heavy atom. The van der Waals surface area contributed by atoms with Crippen molar-refractivity contribution in [3.8, 4) is 0 Å². The topological polar surface area (TPSA) is 67.5 Å². The molecule has 58 valence electrons. The molecule has 0 aromatic carbocycles. The van der Waals surface area contributed by atoms with Crippen LogP contribution in [-0.4, -0.2) is 20.8 Å². The second-order valence-corrected chi connectivity index (χ2v) is 2.17. The zero-order chi connectivity index (χ0) is 7.70. The molecular formula is C4H13NO3P-. The van der Waals surface area contributed by atoms with Crippen LogP contribution in [0.5, 0.6) is 0 Å². The van der Waals surface area contributed by atoms with Crippen molar-refractivity contribution in [2.45, 2.75) is 6.92 Å². The van der Waals surface area contributed by atoms with Crippen molar-refractivity contribution in [2.24, 2.45) is 5.73 Å². The molecule has 0 unspecified atom stereocenters. The van der Waals surface area contributed by atoms with Crippen molar-refractivity contribution < 1.29 is 13.9 Å². The van der Waals surface area contributed by atoms with Crippen LogP contribution in [0.2, 0.25) is 0 Å². The Labute approximate surface area is 57.0 Å². The van der Waals surface area contributed by atoms with Crippen LogP contribution in [0.15, 0.2) is 0 Å². The number of hydrogen-bond donors (Lipinski definition) is 1. The van der Waals surface area contributed by atoms with Gasteiger partial charge in [-0.2, -0.15) is 0 Å². The Morgan fingerprint density at radius 2 is 1.67 bits per heavy atom. The summed E-state index contributed by atoms with van der Waals surface area (Å²) in [6.45, 7) is 2.65. The van der Waals surface area contributed by atoms with Gasteiger partial charge in [-0.05, 0) is 6.54 Å². The second kappa shape index (κ2) is 11.1. The highest BCUT2D eigenvalue weighted by molar-refractivity contribution is 7.38. The standard InChI is InChI=1S/C2H7N.C2H6O3P/c1-2-3;1-4-6(3)5-2/h2-3H2,1H3;1-2H3/q;-1. The highest BCUT2D eigenvalue weighted by Gasteiger charge is 1.77. The minimum absolute atomic E-state index is 0.750. The van der Waals surface area contributed by atoms with Crippen LogP contribution in [0.3, 0.4) is 0 Å². The third kappa shape index (κ3) is 17.8. The molecule has 0 saturated heterocycles. The molecule has 2 N–H and O–H groups in total. The van der Waals surface area contributed by atoms with Gasteiger partial charge in [0.15, 0.2) is 0 Å². The lowest BCUT2D eigenvalue weighted by Crippen LogP contribution is -1.96. The maximum atomic E-state index is 9.88. The normalized spacial score (nSPS) is 8.67. The second-order valence-electron chi connectivity index (χ2n) is 0.997. The molecule has 0 aliphatic heterocycles. The van der Waals surface area contributed by atoms with E-state index in [2.05, 4.69) is 9.05 Å². The Kier molecular flexibility index (Phi) is 14.8. The highest BCUT2D eigenvalue weighted by Crippen LogP contribution is 2.22. The Hall–Kier alpha value is 0.270. The zero-order valence-electron chi connectivity index (χ0n) is 5.96. The molecule has 0 bridgehead atoms. The van der Waals surface area contributed by atoms with Crippen LogP contribution in [0, 0.1) is 0 Å². The average Bonchev–Trinajstić information content (AvgIpc) is 1.88. The van der Waals surface area contributed by atoms with E-state index in [0.717, 1.165) is 6.54 Å². The average molecular weight is 154 g/mol. The van der Waals surface area contributed by atoms with Crippen LogP contribution in [0.25, 0.3) is 0 Å². The summed E-state index contributed by atoms with van der Waals surface area (Å²) in [6.07, 6.45) is 0. The lowest BCUT2D eigenvalue weighted by Gasteiger charge is -2.15. The van der Waals surface area contributed by atoms with Crippen molar-refractivity contribution in [1.29, 1.82) is 0 Å². The van der Waals surface area contributed by atoms with E-state index in [9.17, 15) is 4.89 Å². The molecule has 5 heteroatoms. The first-order valence-corrected chi connectivity index (χ1v) is 3.58. The maximum absolute atomic E-state index is 9.88. The van der Waals surface area contributed by atoms with E-state index in [-0.39, 0.29) is 0 Å². The van der Waals surface area contributed by atoms with E-state index in [1.165, 1.54) is 14.2 Å². The van der Waals surface area contributed by atoms with Crippen molar-refractivity contribution in [3.63, 3.8) is 0 Å². The quantitative estimate of drug-likeness (QED) is 0.561. The lowest BCUT2D eigenvalue weighted by atomic mass is 10.8. The van der Waals surface area contributed by atoms with Crippen LogP contribution in [0.4, 0.5) is 0 Å². The van der Waals surface area contributed by atoms with Gasteiger partial charge >= 0.3 is 0 Å². The summed E-state index contributed by atoms with van der Waals surface area (Å²) in [5.41, 5.74) is 4.85. The summed E-state index contributed by atoms with van der Waals surface area (Å²) in [6, 6.07) is 0. The number of rotatable bonds is 2. The first kappa shape index (κ1) is 12.0. The molecule has 9 heavy (non-hydrogen) atoms. The van der Waals surface area contributed by atoms with Gasteiger partial charge in [-0.15, -0.1) is 0 Å². The van der Waals surface area contributed by atoms with Crippen molar-refractivity contribution in [3.05, 3.63) is 0 Å². The Morgan fingerprint density at radius 3 is 1.67 bits per heavy atom. The van der Waals surface area contributed by atoms with Gasteiger partial charge in [-0.3, -0.25) is 0 Å². The fraction of sp³-hybridized carbons (Fsp3) is 1.00. The SMILES string of the molecule is CCN.COP([O-])OC. The third-order valence-corrected chi connectivity index (χ3v) is 0.894. The molecule has 0 fully saturated rings. The minimum atomic E-state index is -1.83. The van der Waals surface area contributed by atoms with Crippen LogP contribution >= 0.6 is 8.60 Å². The summed E-state index contributed by atoms with van der Waals surface area (Å²) >= 11 is 0. The van der Waals surface area contributed by atoms with Gasteiger partial charge in [0.2, 0.25) is 0 Å². The molecule has 0 aromatic heterocycles. The molecule has 0 rings (SSSR count). The molecule has 0 aliphatic carbocycles. The summed E-state index contributed by atoms with van der Waals surface area (Å²) in [5, 5.41) is 0.